The molecule has 4 rings (SSSR count). The fourth-order valence-corrected chi connectivity index (χ4v) is 8.95. The summed E-state index contributed by atoms with van der Waals surface area (Å²) in [6, 6.07) is 0. The number of allylic oxidation sites excluding steroid dienone is 1. The van der Waals surface area contributed by atoms with Crippen LogP contribution in [0.1, 0.15) is 139 Å². The smallest absolute Gasteiger partial charge is 0.229 e. The Hall–Kier alpha value is -1.57. The number of piperidine rings is 2. The molecule has 2 unspecified atom stereocenters. The Morgan fingerprint density at radius 1 is 0.953 bits per heavy atom. The molecule has 43 heavy (non-hydrogen) atoms. The molecule has 8 heteroatoms. The van der Waals surface area contributed by atoms with Crippen molar-refractivity contribution >= 4 is 23.8 Å². The first-order valence-corrected chi connectivity index (χ1v) is 17.3. The maximum atomic E-state index is 7.11. The molecule has 242 valence electrons. The molecule has 0 radical (unpaired) electrons. The zero-order chi connectivity index (χ0) is 31.5. The molecule has 0 spiro atoms. The largest absolute Gasteiger partial charge is 0.378 e. The van der Waals surface area contributed by atoms with Gasteiger partial charge in [0.2, 0.25) is 5.95 Å². The van der Waals surface area contributed by atoms with Crippen molar-refractivity contribution in [2.45, 2.75) is 172 Å². The molecule has 3 aliphatic heterocycles. The quantitative estimate of drug-likeness (QED) is 0.178. The standard InChI is InChI=1S/C35H59ClN6O/c1-10-11-12-13-19-43-28-23-33(6,7)42(34(8,9)24-28)30-38-25-37-29(40-30)35(17-14-18-39-35)22-27(36)16-15-26-20-31(2,3)41-32(4,5)21-26/h14,17-18,25-28,41H,10-13,15-16,19-24H2,1-9H3. The van der Waals surface area contributed by atoms with E-state index in [1.54, 1.807) is 6.33 Å². The summed E-state index contributed by atoms with van der Waals surface area (Å²) in [6.45, 7) is 21.5. The van der Waals surface area contributed by atoms with Crippen LogP contribution in [0.25, 0.3) is 0 Å². The molecular formula is C35H59ClN6O. The van der Waals surface area contributed by atoms with Gasteiger partial charge < -0.3 is 15.0 Å². The Labute approximate surface area is 267 Å². The van der Waals surface area contributed by atoms with Crippen molar-refractivity contribution in [2.24, 2.45) is 10.9 Å². The van der Waals surface area contributed by atoms with Gasteiger partial charge in [0.15, 0.2) is 5.82 Å². The van der Waals surface area contributed by atoms with Gasteiger partial charge in [-0.25, -0.2) is 9.97 Å². The second-order valence-electron chi connectivity index (χ2n) is 16.1. The Kier molecular flexibility index (Phi) is 10.7. The number of rotatable bonds is 13. The maximum Gasteiger partial charge on any atom is 0.229 e. The van der Waals surface area contributed by atoms with Gasteiger partial charge in [0.1, 0.15) is 11.9 Å². The molecule has 0 bridgehead atoms. The first kappa shape index (κ1) is 34.3. The van der Waals surface area contributed by atoms with Crippen LogP contribution in [0, 0.1) is 5.92 Å². The Morgan fingerprint density at radius 3 is 2.23 bits per heavy atom. The molecule has 2 saturated heterocycles. The van der Waals surface area contributed by atoms with Crippen LogP contribution in [0.15, 0.2) is 23.5 Å². The number of hydrogen-bond acceptors (Lipinski definition) is 7. The molecule has 0 saturated carbocycles. The van der Waals surface area contributed by atoms with Gasteiger partial charge >= 0.3 is 0 Å². The van der Waals surface area contributed by atoms with E-state index in [9.17, 15) is 0 Å². The van der Waals surface area contributed by atoms with Crippen LogP contribution in [-0.4, -0.2) is 61.4 Å². The summed E-state index contributed by atoms with van der Waals surface area (Å²) in [5.41, 5.74) is -0.730. The van der Waals surface area contributed by atoms with Crippen molar-refractivity contribution in [3.63, 3.8) is 0 Å². The lowest BCUT2D eigenvalue weighted by Crippen LogP contribution is -2.63. The first-order valence-electron chi connectivity index (χ1n) is 16.8. The van der Waals surface area contributed by atoms with Crippen LogP contribution in [-0.2, 0) is 10.3 Å². The lowest BCUT2D eigenvalue weighted by atomic mass is 9.74. The van der Waals surface area contributed by atoms with E-state index in [2.05, 4.69) is 78.6 Å². The number of anilines is 1. The first-order chi connectivity index (χ1) is 20.1. The van der Waals surface area contributed by atoms with Gasteiger partial charge in [0, 0.05) is 40.4 Å². The van der Waals surface area contributed by atoms with Gasteiger partial charge in [-0.3, -0.25) is 4.99 Å². The molecular weight excluding hydrogens is 556 g/mol. The third-order valence-electron chi connectivity index (χ3n) is 9.62. The van der Waals surface area contributed by atoms with Crippen molar-refractivity contribution in [3.8, 4) is 0 Å². The normalized spacial score (nSPS) is 27.1. The molecule has 7 nitrogen and oxygen atoms in total. The topological polar surface area (TPSA) is 75.5 Å². The van der Waals surface area contributed by atoms with Gasteiger partial charge in [-0.1, -0.05) is 26.2 Å². The van der Waals surface area contributed by atoms with Crippen LogP contribution in [0.2, 0.25) is 0 Å². The van der Waals surface area contributed by atoms with E-state index >= 15 is 0 Å². The van der Waals surface area contributed by atoms with Crippen LogP contribution < -0.4 is 10.2 Å². The predicted molar refractivity (Wildman–Crippen MR) is 180 cm³/mol. The molecule has 2 atom stereocenters. The summed E-state index contributed by atoms with van der Waals surface area (Å²) in [5.74, 6) is 2.04. The van der Waals surface area contributed by atoms with Gasteiger partial charge in [0.25, 0.3) is 0 Å². The Bertz CT molecular complexity index is 1080. The lowest BCUT2D eigenvalue weighted by Gasteiger charge is -2.55. The van der Waals surface area contributed by atoms with Crippen LogP contribution in [0.5, 0.6) is 0 Å². The van der Waals surface area contributed by atoms with Gasteiger partial charge in [-0.05, 0) is 125 Å². The van der Waals surface area contributed by atoms with Crippen molar-refractivity contribution in [3.05, 3.63) is 24.3 Å². The van der Waals surface area contributed by atoms with Crippen LogP contribution >= 0.6 is 11.6 Å². The average Bonchev–Trinajstić information content (AvgIpc) is 3.34. The number of nitrogens with one attached hydrogen (secondary N) is 1. The Morgan fingerprint density at radius 2 is 1.63 bits per heavy atom. The van der Waals surface area contributed by atoms with Crippen molar-refractivity contribution in [1.82, 2.24) is 20.3 Å². The zero-order valence-corrected chi connectivity index (χ0v) is 29.3. The highest BCUT2D eigenvalue weighted by Gasteiger charge is 2.48. The summed E-state index contributed by atoms with van der Waals surface area (Å²) in [5, 5.41) is 3.77. The van der Waals surface area contributed by atoms with Crippen LogP contribution in [0.3, 0.4) is 0 Å². The summed E-state index contributed by atoms with van der Waals surface area (Å²) in [7, 11) is 0. The van der Waals surface area contributed by atoms with Crippen molar-refractivity contribution in [1.29, 1.82) is 0 Å². The highest BCUT2D eigenvalue weighted by Crippen LogP contribution is 2.43. The molecule has 0 amide bonds. The maximum absolute atomic E-state index is 7.11. The number of hydrogen-bond donors (Lipinski definition) is 1. The summed E-state index contributed by atoms with van der Waals surface area (Å²) < 4.78 is 6.41. The highest BCUT2D eigenvalue weighted by molar-refractivity contribution is 6.20. The molecule has 0 aliphatic carbocycles. The number of aromatic nitrogens is 3. The Balaban J connectivity index is 1.46. The molecule has 1 aromatic heterocycles. The zero-order valence-electron chi connectivity index (χ0n) is 28.5. The van der Waals surface area contributed by atoms with E-state index in [1.165, 1.54) is 32.1 Å². The van der Waals surface area contributed by atoms with E-state index in [4.69, 9.17) is 36.3 Å². The fraction of sp³-hybridized carbons (Fsp3) is 0.829. The molecule has 1 aromatic rings. The molecule has 4 heterocycles. The predicted octanol–water partition coefficient (Wildman–Crippen LogP) is 8.16. The summed E-state index contributed by atoms with van der Waals surface area (Å²) in [4.78, 5) is 21.9. The molecule has 3 aliphatic rings. The van der Waals surface area contributed by atoms with E-state index < -0.39 is 5.54 Å². The second-order valence-corrected chi connectivity index (χ2v) is 16.8. The van der Waals surface area contributed by atoms with Crippen LogP contribution in [0.4, 0.5) is 5.95 Å². The fourth-order valence-electron chi connectivity index (χ4n) is 8.59. The van der Waals surface area contributed by atoms with E-state index in [1.807, 2.05) is 12.3 Å². The molecule has 2 fully saturated rings. The highest BCUT2D eigenvalue weighted by atomic mass is 35.5. The van der Waals surface area contributed by atoms with Gasteiger partial charge in [-0.2, -0.15) is 4.98 Å². The number of aliphatic imine (C=N–C) groups is 1. The minimum absolute atomic E-state index is 0.0284. The molecule has 1 N–H and O–H groups in total. The lowest BCUT2D eigenvalue weighted by molar-refractivity contribution is -0.00892. The summed E-state index contributed by atoms with van der Waals surface area (Å²) >= 11 is 7.11. The SMILES string of the molecule is CCCCCCOC1CC(C)(C)N(c2ncnc(C3(CC(Cl)CCC4CC(C)(C)NC(C)(C)C4)C=CC=N3)n2)C(C)(C)C1. The van der Waals surface area contributed by atoms with E-state index in [-0.39, 0.29) is 33.6 Å². The molecule has 0 aromatic carbocycles. The van der Waals surface area contributed by atoms with Crippen molar-refractivity contribution in [2.75, 3.05) is 11.5 Å². The number of halogens is 1. The second kappa shape index (κ2) is 13.4. The monoisotopic (exact) mass is 614 g/mol. The van der Waals surface area contributed by atoms with Gasteiger partial charge in [-0.15, -0.1) is 11.6 Å². The van der Waals surface area contributed by atoms with E-state index in [0.717, 1.165) is 38.7 Å². The average molecular weight is 615 g/mol. The number of unbranched alkanes of at least 4 members (excludes halogenated alkanes) is 3. The number of nitrogens with zero attached hydrogens (tertiary/aromatic N) is 5. The number of ether oxygens (including phenoxy) is 1. The minimum Gasteiger partial charge on any atom is -0.378 e. The summed E-state index contributed by atoms with van der Waals surface area (Å²) in [6.07, 6.45) is 19.7. The minimum atomic E-state index is -0.662. The van der Waals surface area contributed by atoms with Gasteiger partial charge in [0.05, 0.1) is 6.10 Å². The number of alkyl halides is 1. The third-order valence-corrected chi connectivity index (χ3v) is 9.99. The van der Waals surface area contributed by atoms with Crippen molar-refractivity contribution < 1.29 is 4.74 Å². The third kappa shape index (κ3) is 8.79. The van der Waals surface area contributed by atoms with E-state index in [0.29, 0.717) is 24.1 Å².